The summed E-state index contributed by atoms with van der Waals surface area (Å²) in [6, 6.07) is 15.4. The lowest BCUT2D eigenvalue weighted by Crippen LogP contribution is -2.44. The average molecular weight is 443 g/mol. The first-order valence-corrected chi connectivity index (χ1v) is 11.0. The van der Waals surface area contributed by atoms with Crippen LogP contribution in [0.15, 0.2) is 42.5 Å². The predicted octanol–water partition coefficient (Wildman–Crippen LogP) is 5.03. The Morgan fingerprint density at radius 3 is 2.60 bits per heavy atom. The highest BCUT2D eigenvalue weighted by molar-refractivity contribution is 6.31. The molecule has 4 rings (SSSR count). The van der Waals surface area contributed by atoms with E-state index in [1.807, 2.05) is 37.3 Å². The molecule has 1 aliphatic carbocycles. The molecular weight excluding hydrogens is 419 g/mol. The Balaban J connectivity index is 1.86. The second kappa shape index (κ2) is 8.23. The Bertz CT molecular complexity index is 1000. The molecule has 1 heterocycles. The monoisotopic (exact) mass is 442 g/mol. The highest BCUT2D eigenvalue weighted by atomic mass is 35.5. The molecule has 0 aromatic heterocycles. The number of hydrogen-bond acceptors (Lipinski definition) is 3. The van der Waals surface area contributed by atoms with E-state index in [1.54, 1.807) is 12.1 Å². The third-order valence-electron chi connectivity index (χ3n) is 7.05. The second-order valence-corrected chi connectivity index (χ2v) is 9.33. The van der Waals surface area contributed by atoms with Gasteiger partial charge in [0.25, 0.3) is 0 Å². The SMILES string of the molecule is C[C@H]1NC(=O)C2(CCO)CC[C@@H](c3ccc(C#N)cc3Cl)[C@H](c3ccc(Cl)cc3)[C@H]12. The minimum Gasteiger partial charge on any atom is -0.396 e. The molecule has 1 saturated heterocycles. The van der Waals surface area contributed by atoms with Gasteiger partial charge in [0.15, 0.2) is 0 Å². The van der Waals surface area contributed by atoms with Gasteiger partial charge in [-0.25, -0.2) is 0 Å². The van der Waals surface area contributed by atoms with Gasteiger partial charge >= 0.3 is 0 Å². The molecule has 2 fully saturated rings. The van der Waals surface area contributed by atoms with E-state index in [-0.39, 0.29) is 36.3 Å². The number of carbonyl (C=O) groups is 1. The van der Waals surface area contributed by atoms with Crippen LogP contribution < -0.4 is 5.32 Å². The van der Waals surface area contributed by atoms with Crippen molar-refractivity contribution in [2.24, 2.45) is 11.3 Å². The number of carbonyl (C=O) groups excluding carboxylic acids is 1. The van der Waals surface area contributed by atoms with E-state index in [0.717, 1.165) is 17.5 Å². The zero-order valence-electron chi connectivity index (χ0n) is 16.7. The molecule has 30 heavy (non-hydrogen) atoms. The molecule has 1 aliphatic heterocycles. The van der Waals surface area contributed by atoms with Crippen LogP contribution in [0.5, 0.6) is 0 Å². The minimum atomic E-state index is -0.589. The topological polar surface area (TPSA) is 73.1 Å². The van der Waals surface area contributed by atoms with Crippen LogP contribution in [-0.2, 0) is 4.79 Å². The summed E-state index contributed by atoms with van der Waals surface area (Å²) in [4.78, 5) is 13.1. The third-order valence-corrected chi connectivity index (χ3v) is 7.63. The summed E-state index contributed by atoms with van der Waals surface area (Å²) in [5.74, 6) is 0.182. The van der Waals surface area contributed by atoms with Crippen molar-refractivity contribution >= 4 is 29.1 Å². The van der Waals surface area contributed by atoms with E-state index in [4.69, 9.17) is 23.2 Å². The summed E-state index contributed by atoms with van der Waals surface area (Å²) in [6.45, 7) is 2.03. The van der Waals surface area contributed by atoms with Gasteiger partial charge in [-0.1, -0.05) is 41.4 Å². The number of hydrogen-bond donors (Lipinski definition) is 2. The Morgan fingerprint density at radius 1 is 1.23 bits per heavy atom. The summed E-state index contributed by atoms with van der Waals surface area (Å²) in [5.41, 5.74) is 2.05. The second-order valence-electron chi connectivity index (χ2n) is 8.49. The number of aliphatic hydroxyl groups excluding tert-OH is 1. The summed E-state index contributed by atoms with van der Waals surface area (Å²) < 4.78 is 0. The standard InChI is InChI=1S/C24H24Cl2N2O2/c1-14-22-21(16-3-5-17(25)6-4-16)19(18-7-2-15(13-27)12-20(18)26)8-9-24(22,10-11-29)23(30)28-14/h2-7,12,14,19,21-22,29H,8-11H2,1H3,(H,28,30)/t14-,19+,21+,22+,24?/m1/s1. The van der Waals surface area contributed by atoms with E-state index in [2.05, 4.69) is 11.4 Å². The number of benzene rings is 2. The maximum absolute atomic E-state index is 13.1. The Hall–Kier alpha value is -2.06. The van der Waals surface area contributed by atoms with E-state index in [1.165, 1.54) is 0 Å². The molecule has 2 aromatic carbocycles. The molecule has 2 aromatic rings. The molecular formula is C24H24Cl2N2O2. The number of nitrogens with one attached hydrogen (secondary N) is 1. The van der Waals surface area contributed by atoms with Crippen LogP contribution in [0.4, 0.5) is 0 Å². The first-order chi connectivity index (χ1) is 14.4. The number of halogens is 2. The lowest BCUT2D eigenvalue weighted by molar-refractivity contribution is -0.132. The van der Waals surface area contributed by atoms with Crippen molar-refractivity contribution in [1.82, 2.24) is 5.32 Å². The van der Waals surface area contributed by atoms with Gasteiger partial charge < -0.3 is 10.4 Å². The molecule has 156 valence electrons. The Morgan fingerprint density at radius 2 is 1.97 bits per heavy atom. The van der Waals surface area contributed by atoms with Crippen molar-refractivity contribution in [3.63, 3.8) is 0 Å². The maximum Gasteiger partial charge on any atom is 0.226 e. The van der Waals surface area contributed by atoms with Crippen molar-refractivity contribution in [3.05, 3.63) is 69.2 Å². The van der Waals surface area contributed by atoms with Crippen LogP contribution in [0.2, 0.25) is 10.0 Å². The molecule has 6 heteroatoms. The molecule has 2 aliphatic rings. The zero-order valence-corrected chi connectivity index (χ0v) is 18.2. The van der Waals surface area contributed by atoms with Crippen LogP contribution >= 0.6 is 23.2 Å². The fraction of sp³-hybridized carbons (Fsp3) is 0.417. The zero-order chi connectivity index (χ0) is 21.5. The lowest BCUT2D eigenvalue weighted by atomic mass is 9.54. The Kier molecular flexibility index (Phi) is 5.81. The van der Waals surface area contributed by atoms with E-state index in [9.17, 15) is 15.2 Å². The summed E-state index contributed by atoms with van der Waals surface area (Å²) in [5, 5.41) is 23.4. The van der Waals surface area contributed by atoms with Crippen molar-refractivity contribution in [2.75, 3.05) is 6.61 Å². The molecule has 4 nitrogen and oxygen atoms in total. The van der Waals surface area contributed by atoms with Crippen molar-refractivity contribution in [1.29, 1.82) is 5.26 Å². The highest BCUT2D eigenvalue weighted by Crippen LogP contribution is 2.60. The molecule has 2 N–H and O–H groups in total. The van der Waals surface area contributed by atoms with E-state index < -0.39 is 5.41 Å². The molecule has 1 saturated carbocycles. The van der Waals surface area contributed by atoms with Crippen LogP contribution in [-0.4, -0.2) is 23.7 Å². The van der Waals surface area contributed by atoms with Crippen LogP contribution in [0.1, 0.15) is 54.7 Å². The van der Waals surface area contributed by atoms with Crippen molar-refractivity contribution in [3.8, 4) is 6.07 Å². The van der Waals surface area contributed by atoms with Crippen LogP contribution in [0, 0.1) is 22.7 Å². The number of aliphatic hydroxyl groups is 1. The first kappa shape index (κ1) is 21.2. The molecule has 0 bridgehead atoms. The number of rotatable bonds is 4. The summed E-state index contributed by atoms with van der Waals surface area (Å²) in [7, 11) is 0. The smallest absolute Gasteiger partial charge is 0.226 e. The molecule has 0 radical (unpaired) electrons. The van der Waals surface area contributed by atoms with E-state index in [0.29, 0.717) is 28.5 Å². The van der Waals surface area contributed by atoms with Gasteiger partial charge in [-0.3, -0.25) is 4.79 Å². The number of nitrogens with zero attached hydrogens (tertiary/aromatic N) is 1. The number of nitriles is 1. The number of amides is 1. The molecule has 5 atom stereocenters. The summed E-state index contributed by atoms with van der Waals surface area (Å²) >= 11 is 12.8. The van der Waals surface area contributed by atoms with Crippen molar-refractivity contribution < 1.29 is 9.90 Å². The maximum atomic E-state index is 13.1. The molecule has 1 unspecified atom stereocenters. The normalized spacial score (nSPS) is 30.4. The third kappa shape index (κ3) is 3.39. The fourth-order valence-electron chi connectivity index (χ4n) is 5.82. The average Bonchev–Trinajstić information content (AvgIpc) is 2.98. The van der Waals surface area contributed by atoms with Gasteiger partial charge in [-0.05, 0) is 73.4 Å². The Labute approximate surface area is 186 Å². The largest absolute Gasteiger partial charge is 0.396 e. The van der Waals surface area contributed by atoms with Gasteiger partial charge in [0.05, 0.1) is 17.0 Å². The predicted molar refractivity (Wildman–Crippen MR) is 118 cm³/mol. The van der Waals surface area contributed by atoms with Gasteiger partial charge in [0, 0.05) is 28.6 Å². The quantitative estimate of drug-likeness (QED) is 0.696. The van der Waals surface area contributed by atoms with Crippen molar-refractivity contribution in [2.45, 2.75) is 44.1 Å². The van der Waals surface area contributed by atoms with Crippen LogP contribution in [0.25, 0.3) is 0 Å². The van der Waals surface area contributed by atoms with Gasteiger partial charge in [-0.15, -0.1) is 0 Å². The molecule has 0 spiro atoms. The van der Waals surface area contributed by atoms with Crippen LogP contribution in [0.3, 0.4) is 0 Å². The fourth-order valence-corrected chi connectivity index (χ4v) is 6.27. The number of fused-ring (bicyclic) bond motifs is 1. The molecule has 1 amide bonds. The van der Waals surface area contributed by atoms with Gasteiger partial charge in [0.2, 0.25) is 5.91 Å². The van der Waals surface area contributed by atoms with E-state index >= 15 is 0 Å². The first-order valence-electron chi connectivity index (χ1n) is 10.3. The highest BCUT2D eigenvalue weighted by Gasteiger charge is 2.59. The summed E-state index contributed by atoms with van der Waals surface area (Å²) in [6.07, 6.45) is 1.92. The lowest BCUT2D eigenvalue weighted by Gasteiger charge is -2.47. The van der Waals surface area contributed by atoms with Gasteiger partial charge in [-0.2, -0.15) is 5.26 Å². The minimum absolute atomic E-state index is 0.0174. The van der Waals surface area contributed by atoms with Gasteiger partial charge in [0.1, 0.15) is 0 Å².